The molecule has 2 nitrogen and oxygen atoms in total. The molecule has 0 heterocycles. The van der Waals surface area contributed by atoms with Crippen molar-refractivity contribution in [1.29, 1.82) is 0 Å². The van der Waals surface area contributed by atoms with Crippen molar-refractivity contribution < 1.29 is 9.59 Å². The minimum Gasteiger partial charge on any atom is -0.300 e. The van der Waals surface area contributed by atoms with Crippen LogP contribution in [0.3, 0.4) is 0 Å². The number of carbonyl (C=O) groups excluding carboxylic acids is 2. The van der Waals surface area contributed by atoms with Crippen LogP contribution in [0.1, 0.15) is 66.2 Å². The average Bonchev–Trinajstić information content (AvgIpc) is 2.86. The van der Waals surface area contributed by atoms with E-state index in [4.69, 9.17) is 0 Å². The quantitative estimate of drug-likeness (QED) is 0.687. The minimum absolute atomic E-state index is 0.0759. The van der Waals surface area contributed by atoms with Crippen molar-refractivity contribution >= 4 is 11.6 Å². The Morgan fingerprint density at radius 1 is 1.08 bits per heavy atom. The standard InChI is InChI=1S/C22H30O2/c1-13-11-16(24)12-15-5-6-17-19-8-7-18(14(2)23)21(19,3)10-9-20(17)22(13,15)4/h11-12,17-20H,5-10H2,1-4H3/t17-,18+,19-,20-,21+,22-/m0/s1. The first-order valence-electron chi connectivity index (χ1n) is 9.72. The first-order valence-corrected chi connectivity index (χ1v) is 9.72. The molecular formula is C22H30O2. The molecular weight excluding hydrogens is 296 g/mol. The molecule has 0 radical (unpaired) electrons. The molecule has 4 rings (SSSR count). The number of ketones is 2. The van der Waals surface area contributed by atoms with E-state index < -0.39 is 0 Å². The molecule has 0 bridgehead atoms. The van der Waals surface area contributed by atoms with E-state index in [2.05, 4.69) is 20.8 Å². The molecule has 0 amide bonds. The maximum absolute atomic E-state index is 12.2. The number of hydrogen-bond donors (Lipinski definition) is 0. The maximum Gasteiger partial charge on any atom is 0.178 e. The van der Waals surface area contributed by atoms with Gasteiger partial charge in [-0.05, 0) is 87.7 Å². The van der Waals surface area contributed by atoms with E-state index in [1.807, 2.05) is 12.2 Å². The van der Waals surface area contributed by atoms with Crippen LogP contribution in [-0.4, -0.2) is 11.6 Å². The summed E-state index contributed by atoms with van der Waals surface area (Å²) in [7, 11) is 0. The van der Waals surface area contributed by atoms with Gasteiger partial charge in [-0.25, -0.2) is 0 Å². The molecule has 0 saturated heterocycles. The number of allylic oxidation sites excluding steroid dienone is 4. The van der Waals surface area contributed by atoms with Crippen LogP contribution in [0.2, 0.25) is 0 Å². The lowest BCUT2D eigenvalue weighted by atomic mass is 9.46. The third-order valence-electron chi connectivity index (χ3n) is 8.58. The highest BCUT2D eigenvalue weighted by molar-refractivity contribution is 6.02. The van der Waals surface area contributed by atoms with Crippen LogP contribution < -0.4 is 0 Å². The molecule has 3 fully saturated rings. The van der Waals surface area contributed by atoms with Gasteiger partial charge in [0.05, 0.1) is 0 Å². The molecule has 2 heteroatoms. The maximum atomic E-state index is 12.2. The molecule has 0 aromatic rings. The first-order chi connectivity index (χ1) is 11.3. The van der Waals surface area contributed by atoms with Crippen LogP contribution in [0.4, 0.5) is 0 Å². The highest BCUT2D eigenvalue weighted by atomic mass is 16.1. The summed E-state index contributed by atoms with van der Waals surface area (Å²) in [6.07, 6.45) is 10.7. The molecule has 6 atom stereocenters. The molecule has 0 aromatic carbocycles. The summed E-state index contributed by atoms with van der Waals surface area (Å²) in [5, 5.41) is 0. The molecule has 0 aliphatic heterocycles. The zero-order valence-corrected chi connectivity index (χ0v) is 15.5. The summed E-state index contributed by atoms with van der Waals surface area (Å²) in [5.74, 6) is 2.90. The molecule has 0 aromatic heterocycles. The van der Waals surface area contributed by atoms with Crippen LogP contribution >= 0.6 is 0 Å². The Kier molecular flexibility index (Phi) is 3.50. The lowest BCUT2D eigenvalue weighted by Gasteiger charge is -2.58. The van der Waals surface area contributed by atoms with Crippen LogP contribution in [0.15, 0.2) is 23.3 Å². The number of hydrogen-bond acceptors (Lipinski definition) is 2. The van der Waals surface area contributed by atoms with Gasteiger partial charge in [-0.3, -0.25) is 9.59 Å². The van der Waals surface area contributed by atoms with Gasteiger partial charge in [0, 0.05) is 11.3 Å². The Hall–Kier alpha value is -1.18. The van der Waals surface area contributed by atoms with Gasteiger partial charge in [-0.15, -0.1) is 0 Å². The Labute approximate surface area is 145 Å². The van der Waals surface area contributed by atoms with E-state index >= 15 is 0 Å². The van der Waals surface area contributed by atoms with Crippen LogP contribution in [0, 0.1) is 34.5 Å². The van der Waals surface area contributed by atoms with Gasteiger partial charge in [0.25, 0.3) is 0 Å². The molecule has 130 valence electrons. The monoisotopic (exact) mass is 326 g/mol. The van der Waals surface area contributed by atoms with Crippen LogP contribution in [0.5, 0.6) is 0 Å². The predicted molar refractivity (Wildman–Crippen MR) is 95.4 cm³/mol. The van der Waals surface area contributed by atoms with E-state index in [1.165, 1.54) is 36.8 Å². The topological polar surface area (TPSA) is 34.1 Å². The third kappa shape index (κ3) is 1.95. The zero-order chi connectivity index (χ0) is 17.3. The van der Waals surface area contributed by atoms with E-state index in [0.717, 1.165) is 12.8 Å². The second kappa shape index (κ2) is 5.16. The summed E-state index contributed by atoms with van der Waals surface area (Å²) < 4.78 is 0. The van der Waals surface area contributed by atoms with E-state index in [-0.39, 0.29) is 22.5 Å². The number of fused-ring (bicyclic) bond motifs is 5. The van der Waals surface area contributed by atoms with Gasteiger partial charge in [0.1, 0.15) is 5.78 Å². The highest BCUT2D eigenvalue weighted by Crippen LogP contribution is 2.67. The number of Topliss-reactive ketones (excluding diaryl/α,β-unsaturated/α-hetero) is 1. The van der Waals surface area contributed by atoms with Gasteiger partial charge in [-0.1, -0.05) is 25.0 Å². The Balaban J connectivity index is 1.71. The second-order valence-corrected chi connectivity index (χ2v) is 9.30. The molecule has 4 aliphatic carbocycles. The molecule has 0 spiro atoms. The minimum atomic E-state index is 0.0759. The van der Waals surface area contributed by atoms with Crippen molar-refractivity contribution in [2.24, 2.45) is 34.5 Å². The van der Waals surface area contributed by atoms with Gasteiger partial charge in [0.15, 0.2) is 5.78 Å². The highest BCUT2D eigenvalue weighted by Gasteiger charge is 2.59. The molecule has 24 heavy (non-hydrogen) atoms. The average molecular weight is 326 g/mol. The Bertz CT molecular complexity index is 669. The third-order valence-corrected chi connectivity index (χ3v) is 8.58. The normalized spacial score (nSPS) is 47.2. The van der Waals surface area contributed by atoms with Gasteiger partial charge in [0.2, 0.25) is 0 Å². The fourth-order valence-electron chi connectivity index (χ4n) is 7.24. The molecule has 0 N–H and O–H groups in total. The van der Waals surface area contributed by atoms with Crippen molar-refractivity contribution in [3.05, 3.63) is 23.3 Å². The smallest absolute Gasteiger partial charge is 0.178 e. The first kappa shape index (κ1) is 16.3. The van der Waals surface area contributed by atoms with Crippen molar-refractivity contribution in [3.8, 4) is 0 Å². The number of rotatable bonds is 1. The zero-order valence-electron chi connectivity index (χ0n) is 15.5. The molecule has 4 aliphatic rings. The molecule has 3 saturated carbocycles. The SMILES string of the molecule is CC(=O)[C@H]1CC[C@H]2[C@@H]3CCC4=CC(=O)C=C(C)[C@]4(C)[C@H]3CC[C@]12C. The van der Waals surface area contributed by atoms with Gasteiger partial charge in [-0.2, -0.15) is 0 Å². The van der Waals surface area contributed by atoms with Gasteiger partial charge >= 0.3 is 0 Å². The predicted octanol–water partition coefficient (Wildman–Crippen LogP) is 4.89. The van der Waals surface area contributed by atoms with Crippen molar-refractivity contribution in [2.45, 2.75) is 66.2 Å². The van der Waals surface area contributed by atoms with Crippen LogP contribution in [0.25, 0.3) is 0 Å². The number of carbonyl (C=O) groups is 2. The fraction of sp³-hybridized carbons (Fsp3) is 0.727. The lowest BCUT2D eigenvalue weighted by Crippen LogP contribution is -2.51. The van der Waals surface area contributed by atoms with E-state index in [1.54, 1.807) is 6.92 Å². The lowest BCUT2D eigenvalue weighted by molar-refractivity contribution is -0.127. The van der Waals surface area contributed by atoms with Crippen LogP contribution in [-0.2, 0) is 9.59 Å². The van der Waals surface area contributed by atoms with Gasteiger partial charge < -0.3 is 0 Å². The fourth-order valence-corrected chi connectivity index (χ4v) is 7.24. The Morgan fingerprint density at radius 2 is 1.83 bits per heavy atom. The summed E-state index contributed by atoms with van der Waals surface area (Å²) in [4.78, 5) is 24.2. The summed E-state index contributed by atoms with van der Waals surface area (Å²) in [6, 6.07) is 0. The van der Waals surface area contributed by atoms with Crippen molar-refractivity contribution in [2.75, 3.05) is 0 Å². The van der Waals surface area contributed by atoms with E-state index in [0.29, 0.717) is 23.5 Å². The van der Waals surface area contributed by atoms with E-state index in [9.17, 15) is 9.59 Å². The second-order valence-electron chi connectivity index (χ2n) is 9.30. The summed E-state index contributed by atoms with van der Waals surface area (Å²) >= 11 is 0. The van der Waals surface area contributed by atoms with Crippen molar-refractivity contribution in [1.82, 2.24) is 0 Å². The molecule has 0 unspecified atom stereocenters. The van der Waals surface area contributed by atoms with Crippen molar-refractivity contribution in [3.63, 3.8) is 0 Å². The summed E-state index contributed by atoms with van der Waals surface area (Å²) in [5.41, 5.74) is 2.93. The summed E-state index contributed by atoms with van der Waals surface area (Å²) in [6.45, 7) is 8.74. The largest absolute Gasteiger partial charge is 0.300 e. The Morgan fingerprint density at radius 3 is 2.54 bits per heavy atom.